The lowest BCUT2D eigenvalue weighted by atomic mass is 9.32. The molecule has 6 rings (SSSR count). The summed E-state index contributed by atoms with van der Waals surface area (Å²) >= 11 is 0. The van der Waals surface area contributed by atoms with Gasteiger partial charge in [0.1, 0.15) is 12.2 Å². The third-order valence-electron chi connectivity index (χ3n) is 15.7. The summed E-state index contributed by atoms with van der Waals surface area (Å²) in [4.78, 5) is 0. The summed E-state index contributed by atoms with van der Waals surface area (Å²) in [7, 11) is 0. The molecule has 1 saturated heterocycles. The maximum absolute atomic E-state index is 10.3. The summed E-state index contributed by atoms with van der Waals surface area (Å²) in [6.45, 7) is 18.5. The highest BCUT2D eigenvalue weighted by Crippen LogP contribution is 2.78. The van der Waals surface area contributed by atoms with E-state index in [-0.39, 0.29) is 0 Å². The van der Waals surface area contributed by atoms with Crippen molar-refractivity contribution in [1.29, 1.82) is 0 Å². The highest BCUT2D eigenvalue weighted by atomic mass is 16.6. The van der Waals surface area contributed by atoms with Gasteiger partial charge < -0.3 is 20.1 Å². The molecule has 0 radical (unpaired) electrons. The standard InChI is InChI=1S/C35H60O4/c1-21(9-10-24-28(36)29(37)30(38)39-24)22-13-18-32(4)23(22)14-19-34(6)26(32)11-12-27-33(5)17-8-16-31(2,3)25(33)15-20-35(27,34)7/h21-30,36-38H,8-20H2,1-7H3/t21-,22+,23-,24+,25-,26+,27+,28+,29?,30?,32-,33-,34+,35+/m0/s1. The van der Waals surface area contributed by atoms with Crippen LogP contribution in [0.4, 0.5) is 0 Å². The third-order valence-corrected chi connectivity index (χ3v) is 15.7. The van der Waals surface area contributed by atoms with Gasteiger partial charge >= 0.3 is 0 Å². The van der Waals surface area contributed by atoms with Gasteiger partial charge in [-0.2, -0.15) is 0 Å². The molecule has 2 unspecified atom stereocenters. The Bertz CT molecular complexity index is 934. The first-order valence-corrected chi connectivity index (χ1v) is 16.9. The lowest BCUT2D eigenvalue weighted by molar-refractivity contribution is -0.241. The van der Waals surface area contributed by atoms with Gasteiger partial charge in [-0.3, -0.25) is 0 Å². The third kappa shape index (κ3) is 3.96. The molecule has 5 aliphatic carbocycles. The molecule has 5 saturated carbocycles. The van der Waals surface area contributed by atoms with Crippen LogP contribution in [0.1, 0.15) is 132 Å². The molecule has 224 valence electrons. The molecule has 0 bridgehead atoms. The minimum absolute atomic E-state index is 0.444. The van der Waals surface area contributed by atoms with Crippen molar-refractivity contribution in [3.8, 4) is 0 Å². The van der Waals surface area contributed by atoms with Crippen LogP contribution in [0.25, 0.3) is 0 Å². The molecule has 39 heavy (non-hydrogen) atoms. The molecule has 4 heteroatoms. The molecule has 0 aromatic heterocycles. The number of hydrogen-bond donors (Lipinski definition) is 3. The Kier molecular flexibility index (Phi) is 6.99. The van der Waals surface area contributed by atoms with Crippen LogP contribution >= 0.6 is 0 Å². The molecule has 0 spiro atoms. The van der Waals surface area contributed by atoms with E-state index in [4.69, 9.17) is 4.74 Å². The molecule has 6 aliphatic rings. The fourth-order valence-electron chi connectivity index (χ4n) is 13.6. The molecule has 3 N–H and O–H groups in total. The van der Waals surface area contributed by atoms with Gasteiger partial charge in [0.25, 0.3) is 0 Å². The second-order valence-electron chi connectivity index (χ2n) is 17.4. The quantitative estimate of drug-likeness (QED) is 0.346. The van der Waals surface area contributed by atoms with E-state index in [9.17, 15) is 15.3 Å². The largest absolute Gasteiger partial charge is 0.387 e. The first-order valence-electron chi connectivity index (χ1n) is 16.9. The smallest absolute Gasteiger partial charge is 0.183 e. The molecule has 0 aromatic rings. The maximum Gasteiger partial charge on any atom is 0.183 e. The van der Waals surface area contributed by atoms with E-state index in [1.54, 1.807) is 0 Å². The minimum Gasteiger partial charge on any atom is -0.387 e. The van der Waals surface area contributed by atoms with Crippen LogP contribution in [0.2, 0.25) is 0 Å². The lowest BCUT2D eigenvalue weighted by Crippen LogP contribution is -2.65. The molecule has 1 aliphatic heterocycles. The molecular weight excluding hydrogens is 484 g/mol. The first kappa shape index (κ1) is 28.9. The number of aliphatic hydroxyl groups excluding tert-OH is 3. The molecule has 0 amide bonds. The highest BCUT2D eigenvalue weighted by molar-refractivity contribution is 5.19. The van der Waals surface area contributed by atoms with Gasteiger partial charge in [-0.25, -0.2) is 0 Å². The van der Waals surface area contributed by atoms with Crippen molar-refractivity contribution >= 4 is 0 Å². The van der Waals surface area contributed by atoms with Gasteiger partial charge in [-0.15, -0.1) is 0 Å². The maximum atomic E-state index is 10.3. The Balaban J connectivity index is 1.19. The molecule has 0 aromatic carbocycles. The highest BCUT2D eigenvalue weighted by Gasteiger charge is 2.70. The number of fused-ring (bicyclic) bond motifs is 7. The van der Waals surface area contributed by atoms with Crippen molar-refractivity contribution in [1.82, 2.24) is 0 Å². The van der Waals surface area contributed by atoms with Crippen LogP contribution in [-0.2, 0) is 4.74 Å². The van der Waals surface area contributed by atoms with E-state index < -0.39 is 24.6 Å². The van der Waals surface area contributed by atoms with Crippen molar-refractivity contribution in [2.75, 3.05) is 0 Å². The first-order chi connectivity index (χ1) is 18.2. The Morgan fingerprint density at radius 2 is 1.33 bits per heavy atom. The zero-order valence-electron chi connectivity index (χ0n) is 26.2. The van der Waals surface area contributed by atoms with E-state index in [2.05, 4.69) is 48.5 Å². The number of rotatable bonds is 4. The van der Waals surface area contributed by atoms with Crippen molar-refractivity contribution in [3.05, 3.63) is 0 Å². The summed E-state index contributed by atoms with van der Waals surface area (Å²) in [5.41, 5.74) is 2.37. The molecular formula is C35H60O4. The zero-order valence-corrected chi connectivity index (χ0v) is 26.2. The van der Waals surface area contributed by atoms with Gasteiger partial charge in [0.05, 0.1) is 6.10 Å². The number of aliphatic hydroxyl groups is 3. The summed E-state index contributed by atoms with van der Waals surface area (Å²) in [5.74, 6) is 4.74. The molecule has 4 nitrogen and oxygen atoms in total. The topological polar surface area (TPSA) is 69.9 Å². The summed E-state index contributed by atoms with van der Waals surface area (Å²) in [6.07, 6.45) is 13.4. The van der Waals surface area contributed by atoms with Crippen LogP contribution in [-0.4, -0.2) is 39.9 Å². The normalized spacial score (nSPS) is 57.2. The van der Waals surface area contributed by atoms with Crippen molar-refractivity contribution in [2.45, 2.75) is 157 Å². The van der Waals surface area contributed by atoms with Crippen molar-refractivity contribution in [2.24, 2.45) is 62.6 Å². The van der Waals surface area contributed by atoms with Crippen LogP contribution in [0.5, 0.6) is 0 Å². The lowest BCUT2D eigenvalue weighted by Gasteiger charge is -2.73. The monoisotopic (exact) mass is 544 g/mol. The van der Waals surface area contributed by atoms with Crippen LogP contribution in [0, 0.1) is 62.6 Å². The Morgan fingerprint density at radius 1 is 0.692 bits per heavy atom. The van der Waals surface area contributed by atoms with Gasteiger partial charge in [-0.05, 0) is 140 Å². The van der Waals surface area contributed by atoms with Crippen molar-refractivity contribution < 1.29 is 20.1 Å². The minimum atomic E-state index is -1.25. The fraction of sp³-hybridized carbons (Fsp3) is 1.00. The zero-order chi connectivity index (χ0) is 28.2. The summed E-state index contributed by atoms with van der Waals surface area (Å²) < 4.78 is 5.48. The van der Waals surface area contributed by atoms with Crippen LogP contribution in [0.3, 0.4) is 0 Å². The van der Waals surface area contributed by atoms with Gasteiger partial charge in [0.15, 0.2) is 6.29 Å². The van der Waals surface area contributed by atoms with Gasteiger partial charge in [-0.1, -0.05) is 54.9 Å². The summed E-state index contributed by atoms with van der Waals surface area (Å²) in [6, 6.07) is 0. The second kappa shape index (κ2) is 9.42. The Morgan fingerprint density at radius 3 is 1.97 bits per heavy atom. The second-order valence-corrected chi connectivity index (χ2v) is 17.4. The molecule has 14 atom stereocenters. The van der Waals surface area contributed by atoms with Crippen LogP contribution < -0.4 is 0 Å². The Labute approximate surface area is 239 Å². The van der Waals surface area contributed by atoms with Crippen molar-refractivity contribution in [3.63, 3.8) is 0 Å². The molecule has 6 fully saturated rings. The van der Waals surface area contributed by atoms with Crippen LogP contribution in [0.15, 0.2) is 0 Å². The van der Waals surface area contributed by atoms with E-state index >= 15 is 0 Å². The van der Waals surface area contributed by atoms with Gasteiger partial charge in [0, 0.05) is 0 Å². The van der Waals surface area contributed by atoms with E-state index in [1.165, 1.54) is 70.6 Å². The van der Waals surface area contributed by atoms with Gasteiger partial charge in [0.2, 0.25) is 0 Å². The number of ether oxygens (including phenoxy) is 1. The van der Waals surface area contributed by atoms with E-state index in [0.29, 0.717) is 39.4 Å². The van der Waals surface area contributed by atoms with E-state index in [0.717, 1.165) is 36.0 Å². The summed E-state index contributed by atoms with van der Waals surface area (Å²) in [5, 5.41) is 30.0. The molecule has 1 heterocycles. The fourth-order valence-corrected chi connectivity index (χ4v) is 13.6. The predicted molar refractivity (Wildman–Crippen MR) is 156 cm³/mol. The van der Waals surface area contributed by atoms with E-state index in [1.807, 2.05) is 0 Å². The number of hydrogen-bond acceptors (Lipinski definition) is 4. The average molecular weight is 545 g/mol. The SMILES string of the molecule is C[C@@H](CC[C@H]1OC(O)C(O)[C@@H]1O)[C@H]1CC[C@]2(C)[C@H]3CC[C@@H]4[C@@]5(C)CCCC(C)(C)[C@@H]5CC[C@@]4(C)[C@]3(C)CC[C@@H]12. The Hall–Kier alpha value is -0.160. The predicted octanol–water partition coefficient (Wildman–Crippen LogP) is 7.33. The average Bonchev–Trinajstić information content (AvgIpc) is 3.33.